The molecule has 0 aliphatic carbocycles. The topological polar surface area (TPSA) is 82.6 Å². The lowest BCUT2D eigenvalue weighted by Crippen LogP contribution is -2.48. The number of carbonyl (C=O) groups is 1. The van der Waals surface area contributed by atoms with Gasteiger partial charge in [-0.2, -0.15) is 0 Å². The molecule has 8 nitrogen and oxygen atoms in total. The fourth-order valence-electron chi connectivity index (χ4n) is 4.33. The Morgan fingerprint density at radius 1 is 1.21 bits per heavy atom. The molecule has 10 heteroatoms. The number of thioether (sulfide) groups is 1. The highest BCUT2D eigenvalue weighted by atomic mass is 35.5. The van der Waals surface area contributed by atoms with Gasteiger partial charge in [0.2, 0.25) is 5.91 Å². The average molecular weight is 499 g/mol. The predicted octanol–water partition coefficient (Wildman–Crippen LogP) is 3.25. The van der Waals surface area contributed by atoms with Crippen molar-refractivity contribution in [2.75, 3.05) is 62.3 Å². The Bertz CT molecular complexity index is 1200. The van der Waals surface area contributed by atoms with Gasteiger partial charge in [-0.1, -0.05) is 11.6 Å². The number of piperazine rings is 1. The number of rotatable bonds is 7. The number of carbonyl (C=O) groups excluding carboxylic acids is 1. The van der Waals surface area contributed by atoms with Crippen molar-refractivity contribution in [1.29, 1.82) is 0 Å². The van der Waals surface area contributed by atoms with Crippen LogP contribution in [0, 0.1) is 0 Å². The van der Waals surface area contributed by atoms with E-state index in [0.29, 0.717) is 23.1 Å². The number of halogens is 1. The van der Waals surface area contributed by atoms with Crippen LogP contribution < -0.4 is 20.3 Å². The van der Waals surface area contributed by atoms with E-state index in [0.717, 1.165) is 72.2 Å². The first-order valence-corrected chi connectivity index (χ1v) is 12.7. The van der Waals surface area contributed by atoms with E-state index in [1.807, 2.05) is 30.3 Å². The fraction of sp³-hybridized carbons (Fsp3) is 0.375. The maximum Gasteiger partial charge on any atom is 0.235 e. The van der Waals surface area contributed by atoms with E-state index in [9.17, 15) is 4.79 Å². The first-order valence-electron chi connectivity index (χ1n) is 11.3. The first-order chi connectivity index (χ1) is 16.6. The normalized spacial score (nSPS) is 16.4. The quantitative estimate of drug-likeness (QED) is 0.480. The number of hydrogen-bond acceptors (Lipinski definition) is 8. The van der Waals surface area contributed by atoms with Crippen LogP contribution in [0.1, 0.15) is 5.69 Å². The number of pyridine rings is 2. The molecule has 5 rings (SSSR count). The van der Waals surface area contributed by atoms with Crippen molar-refractivity contribution in [3.05, 3.63) is 47.2 Å². The second-order valence-corrected chi connectivity index (χ2v) is 9.75. The van der Waals surface area contributed by atoms with E-state index in [-0.39, 0.29) is 5.91 Å². The molecule has 0 spiro atoms. The molecule has 0 unspecified atom stereocenters. The number of ether oxygens (including phenoxy) is 1. The summed E-state index contributed by atoms with van der Waals surface area (Å²) in [7, 11) is 1.67. The van der Waals surface area contributed by atoms with E-state index >= 15 is 0 Å². The molecule has 2 aromatic heterocycles. The predicted molar refractivity (Wildman–Crippen MR) is 137 cm³/mol. The summed E-state index contributed by atoms with van der Waals surface area (Å²) in [4.78, 5) is 26.5. The molecule has 2 N–H and O–H groups in total. The first kappa shape index (κ1) is 23.2. The Labute approximate surface area is 208 Å². The number of aromatic nitrogens is 2. The molecule has 0 radical (unpaired) electrons. The number of hydrogen-bond donors (Lipinski definition) is 2. The molecular weight excluding hydrogens is 472 g/mol. The zero-order valence-electron chi connectivity index (χ0n) is 19.0. The van der Waals surface area contributed by atoms with Crippen LogP contribution in [-0.2, 0) is 11.3 Å². The fourth-order valence-corrected chi connectivity index (χ4v) is 5.36. The van der Waals surface area contributed by atoms with Crippen LogP contribution in [0.3, 0.4) is 0 Å². The second kappa shape index (κ2) is 10.4. The molecule has 0 saturated carbocycles. The molecule has 1 aromatic carbocycles. The number of anilines is 2. The number of nitrogens with one attached hydrogen (secondary N) is 2. The molecule has 178 valence electrons. The number of fused-ring (bicyclic) bond motifs is 2. The van der Waals surface area contributed by atoms with Crippen molar-refractivity contribution in [3.8, 4) is 5.75 Å². The van der Waals surface area contributed by atoms with Gasteiger partial charge in [-0.3, -0.25) is 14.7 Å². The van der Waals surface area contributed by atoms with Crippen LogP contribution in [0.15, 0.2) is 41.4 Å². The van der Waals surface area contributed by atoms with Crippen LogP contribution in [0.4, 0.5) is 11.5 Å². The monoisotopic (exact) mass is 498 g/mol. The minimum atomic E-state index is 0.00874. The summed E-state index contributed by atoms with van der Waals surface area (Å²) in [5.41, 5.74) is 2.88. The van der Waals surface area contributed by atoms with Gasteiger partial charge >= 0.3 is 0 Å². The second-order valence-electron chi connectivity index (χ2n) is 8.33. The van der Waals surface area contributed by atoms with Gasteiger partial charge in [-0.25, -0.2) is 4.98 Å². The van der Waals surface area contributed by atoms with E-state index in [2.05, 4.69) is 30.4 Å². The Morgan fingerprint density at radius 3 is 2.88 bits per heavy atom. The zero-order valence-corrected chi connectivity index (χ0v) is 20.6. The summed E-state index contributed by atoms with van der Waals surface area (Å²) >= 11 is 8.11. The number of amides is 1. The molecule has 0 atom stereocenters. The minimum absolute atomic E-state index is 0.00874. The number of nitrogens with zero attached hydrogens (tertiary/aromatic N) is 4. The van der Waals surface area contributed by atoms with E-state index in [4.69, 9.17) is 16.3 Å². The van der Waals surface area contributed by atoms with Crippen LogP contribution >= 0.6 is 23.4 Å². The third-order valence-corrected chi connectivity index (χ3v) is 7.46. The molecule has 0 bridgehead atoms. The summed E-state index contributed by atoms with van der Waals surface area (Å²) in [6.07, 6.45) is 1.74. The summed E-state index contributed by atoms with van der Waals surface area (Å²) in [6.45, 7) is 6.24. The van der Waals surface area contributed by atoms with Gasteiger partial charge in [0, 0.05) is 57.4 Å². The van der Waals surface area contributed by atoms with Crippen LogP contribution in [-0.4, -0.2) is 72.9 Å². The Balaban J connectivity index is 1.13. The lowest BCUT2D eigenvalue weighted by molar-refractivity contribution is -0.113. The SMILES string of the molecule is COc1ccc2ncc(Cl)c(N3CCN(CCNCc4ccc5c(n4)NC(=O)CS5)CC3)c2c1. The molecule has 34 heavy (non-hydrogen) atoms. The van der Waals surface area contributed by atoms with Gasteiger partial charge in [-0.15, -0.1) is 11.8 Å². The maximum absolute atomic E-state index is 11.6. The van der Waals surface area contributed by atoms with Crippen molar-refractivity contribution in [2.24, 2.45) is 0 Å². The summed E-state index contributed by atoms with van der Waals surface area (Å²) < 4.78 is 5.41. The van der Waals surface area contributed by atoms with Gasteiger partial charge in [0.25, 0.3) is 0 Å². The summed E-state index contributed by atoms with van der Waals surface area (Å²) in [5.74, 6) is 1.94. The van der Waals surface area contributed by atoms with Crippen LogP contribution in [0.5, 0.6) is 5.75 Å². The Hall–Kier alpha value is -2.59. The van der Waals surface area contributed by atoms with Crippen molar-refractivity contribution in [1.82, 2.24) is 20.2 Å². The van der Waals surface area contributed by atoms with Crippen LogP contribution in [0.25, 0.3) is 10.9 Å². The largest absolute Gasteiger partial charge is 0.497 e. The molecule has 2 aliphatic rings. The standard InChI is InChI=1S/C24H27ClN6O2S/c1-33-17-3-4-20-18(12-17)23(19(25)14-27-20)31-10-8-30(9-11-31)7-6-26-13-16-2-5-21-24(28-16)29-22(32)15-34-21/h2-5,12,14,26H,6-11,13,15H2,1H3,(H,28,29,32). The smallest absolute Gasteiger partial charge is 0.235 e. The molecule has 2 aliphatic heterocycles. The van der Waals surface area contributed by atoms with Crippen LogP contribution in [0.2, 0.25) is 5.02 Å². The molecular formula is C24H27ClN6O2S. The summed E-state index contributed by atoms with van der Waals surface area (Å²) in [5, 5.41) is 8.02. The van der Waals surface area contributed by atoms with Crippen molar-refractivity contribution < 1.29 is 9.53 Å². The van der Waals surface area contributed by atoms with Crippen molar-refractivity contribution >= 4 is 51.7 Å². The summed E-state index contributed by atoms with van der Waals surface area (Å²) in [6, 6.07) is 9.96. The molecule has 1 saturated heterocycles. The third-order valence-electron chi connectivity index (χ3n) is 6.13. The third kappa shape index (κ3) is 5.07. The molecule has 3 aromatic rings. The maximum atomic E-state index is 11.6. The van der Waals surface area contributed by atoms with Gasteiger partial charge in [0.1, 0.15) is 11.6 Å². The van der Waals surface area contributed by atoms with Gasteiger partial charge in [0.05, 0.1) is 39.7 Å². The zero-order chi connectivity index (χ0) is 23.5. The highest BCUT2D eigenvalue weighted by Crippen LogP contribution is 2.35. The van der Waals surface area contributed by atoms with Crippen molar-refractivity contribution in [3.63, 3.8) is 0 Å². The highest BCUT2D eigenvalue weighted by Gasteiger charge is 2.21. The van der Waals surface area contributed by atoms with E-state index in [1.54, 1.807) is 13.3 Å². The minimum Gasteiger partial charge on any atom is -0.497 e. The highest BCUT2D eigenvalue weighted by molar-refractivity contribution is 8.00. The molecule has 4 heterocycles. The van der Waals surface area contributed by atoms with Gasteiger partial charge < -0.3 is 20.3 Å². The average Bonchev–Trinajstić information content (AvgIpc) is 2.86. The van der Waals surface area contributed by atoms with E-state index in [1.165, 1.54) is 11.8 Å². The lowest BCUT2D eigenvalue weighted by Gasteiger charge is -2.37. The number of benzene rings is 1. The Kier molecular flexibility index (Phi) is 7.05. The van der Waals surface area contributed by atoms with Gasteiger partial charge in [0.15, 0.2) is 0 Å². The molecule has 1 amide bonds. The lowest BCUT2D eigenvalue weighted by atomic mass is 10.1. The number of methoxy groups -OCH3 is 1. The Morgan fingerprint density at radius 2 is 2.06 bits per heavy atom. The van der Waals surface area contributed by atoms with Crippen molar-refractivity contribution in [2.45, 2.75) is 11.4 Å². The van der Waals surface area contributed by atoms with E-state index < -0.39 is 0 Å². The van der Waals surface area contributed by atoms with Gasteiger partial charge in [-0.05, 0) is 30.3 Å². The molecule has 1 fully saturated rings.